The van der Waals surface area contributed by atoms with Crippen molar-refractivity contribution in [1.29, 1.82) is 0 Å². The molecule has 26 heavy (non-hydrogen) atoms. The van der Waals surface area contributed by atoms with Crippen LogP contribution in [0.4, 0.5) is 13.2 Å². The summed E-state index contributed by atoms with van der Waals surface area (Å²) in [7, 11) is 0. The summed E-state index contributed by atoms with van der Waals surface area (Å²) < 4.78 is 49.2. The molecule has 4 nitrogen and oxygen atoms in total. The van der Waals surface area contributed by atoms with E-state index in [1.54, 1.807) is 18.3 Å². The van der Waals surface area contributed by atoms with Crippen LogP contribution in [0.2, 0.25) is 0 Å². The Labute approximate surface area is 148 Å². The van der Waals surface area contributed by atoms with Crippen LogP contribution in [0.5, 0.6) is 17.4 Å². The van der Waals surface area contributed by atoms with Gasteiger partial charge in [0.15, 0.2) is 0 Å². The molecule has 2 aromatic heterocycles. The van der Waals surface area contributed by atoms with Crippen LogP contribution in [-0.2, 0) is 6.18 Å². The van der Waals surface area contributed by atoms with Crippen LogP contribution in [-0.4, -0.2) is 16.6 Å². The number of aromatic nitrogens is 2. The summed E-state index contributed by atoms with van der Waals surface area (Å²) in [6.45, 7) is 2.38. The van der Waals surface area contributed by atoms with Crippen molar-refractivity contribution in [2.75, 3.05) is 6.61 Å². The van der Waals surface area contributed by atoms with Crippen molar-refractivity contribution in [2.45, 2.75) is 13.1 Å². The highest BCUT2D eigenvalue weighted by Gasteiger charge is 2.32. The van der Waals surface area contributed by atoms with Crippen molar-refractivity contribution in [3.8, 4) is 28.5 Å². The normalized spacial score (nSPS) is 11.2. The molecule has 3 aromatic rings. The Kier molecular flexibility index (Phi) is 5.06. The van der Waals surface area contributed by atoms with E-state index in [0.29, 0.717) is 17.9 Å². The molecule has 0 unspecified atom stereocenters. The van der Waals surface area contributed by atoms with Gasteiger partial charge in [-0.25, -0.2) is 9.97 Å². The number of rotatable bonds is 5. The molecular weight excluding hydrogens is 345 g/mol. The fourth-order valence-corrected chi connectivity index (χ4v) is 2.37. The third-order valence-corrected chi connectivity index (χ3v) is 3.49. The van der Waals surface area contributed by atoms with Crippen LogP contribution in [0.15, 0.2) is 60.9 Å². The maximum absolute atomic E-state index is 12.6. The Morgan fingerprint density at radius 3 is 2.38 bits per heavy atom. The van der Waals surface area contributed by atoms with Crippen molar-refractivity contribution < 1.29 is 22.6 Å². The summed E-state index contributed by atoms with van der Waals surface area (Å²) in [5.74, 6) is 1.08. The first-order valence-corrected chi connectivity index (χ1v) is 7.87. The zero-order valence-corrected chi connectivity index (χ0v) is 13.8. The zero-order valence-electron chi connectivity index (χ0n) is 13.8. The smallest absolute Gasteiger partial charge is 0.433 e. The van der Waals surface area contributed by atoms with Gasteiger partial charge in [-0.2, -0.15) is 13.2 Å². The highest BCUT2D eigenvalue weighted by atomic mass is 19.4. The molecule has 2 heterocycles. The van der Waals surface area contributed by atoms with Gasteiger partial charge in [-0.05, 0) is 37.3 Å². The zero-order chi connectivity index (χ0) is 18.6. The first kappa shape index (κ1) is 17.7. The second-order valence-electron chi connectivity index (χ2n) is 5.26. The molecule has 0 saturated carbocycles. The Hall–Kier alpha value is -3.09. The van der Waals surface area contributed by atoms with E-state index in [9.17, 15) is 13.2 Å². The number of benzene rings is 1. The van der Waals surface area contributed by atoms with Crippen LogP contribution < -0.4 is 9.47 Å². The predicted molar refractivity (Wildman–Crippen MR) is 90.2 cm³/mol. The number of nitrogens with zero attached hydrogens (tertiary/aromatic N) is 2. The minimum absolute atomic E-state index is 0.159. The van der Waals surface area contributed by atoms with Crippen LogP contribution in [0.25, 0.3) is 11.1 Å². The van der Waals surface area contributed by atoms with Crippen molar-refractivity contribution in [3.63, 3.8) is 0 Å². The van der Waals surface area contributed by atoms with E-state index in [-0.39, 0.29) is 11.6 Å². The van der Waals surface area contributed by atoms with Crippen LogP contribution in [0.1, 0.15) is 12.6 Å². The van der Waals surface area contributed by atoms with Crippen molar-refractivity contribution in [3.05, 3.63) is 66.6 Å². The summed E-state index contributed by atoms with van der Waals surface area (Å²) in [4.78, 5) is 7.59. The highest BCUT2D eigenvalue weighted by molar-refractivity contribution is 5.74. The highest BCUT2D eigenvalue weighted by Crippen LogP contribution is 2.37. The van der Waals surface area contributed by atoms with Gasteiger partial charge >= 0.3 is 6.18 Å². The fraction of sp³-hybridized carbons (Fsp3) is 0.158. The average molecular weight is 360 g/mol. The Morgan fingerprint density at radius 2 is 1.69 bits per heavy atom. The van der Waals surface area contributed by atoms with Crippen molar-refractivity contribution in [2.24, 2.45) is 0 Å². The van der Waals surface area contributed by atoms with E-state index in [4.69, 9.17) is 9.47 Å². The molecule has 1 aromatic carbocycles. The van der Waals surface area contributed by atoms with Crippen LogP contribution in [0, 0.1) is 0 Å². The largest absolute Gasteiger partial charge is 0.493 e. The van der Waals surface area contributed by atoms with Gasteiger partial charge in [-0.15, -0.1) is 0 Å². The van der Waals surface area contributed by atoms with E-state index in [0.717, 1.165) is 17.8 Å². The van der Waals surface area contributed by atoms with Crippen molar-refractivity contribution >= 4 is 0 Å². The van der Waals surface area contributed by atoms with E-state index < -0.39 is 11.9 Å². The average Bonchev–Trinajstić information content (AvgIpc) is 2.63. The molecule has 0 fully saturated rings. The quantitative estimate of drug-likeness (QED) is 0.615. The van der Waals surface area contributed by atoms with Gasteiger partial charge in [0.2, 0.25) is 5.88 Å². The standard InChI is InChI=1S/C19H15F3N2O2/c1-2-25-16-8-4-3-6-14(16)15-7-5-11-23-18(15)26-13-9-10-17(24-12-13)19(20,21)22/h3-12H,2H2,1H3. The first-order chi connectivity index (χ1) is 12.5. The molecule has 0 amide bonds. The van der Waals surface area contributed by atoms with Gasteiger partial charge in [0.05, 0.1) is 12.8 Å². The molecule has 0 atom stereocenters. The topological polar surface area (TPSA) is 44.2 Å². The fourth-order valence-electron chi connectivity index (χ4n) is 2.37. The molecule has 134 valence electrons. The van der Waals surface area contributed by atoms with Gasteiger partial charge in [0.1, 0.15) is 17.2 Å². The molecule has 0 aliphatic rings. The first-order valence-electron chi connectivity index (χ1n) is 7.87. The van der Waals surface area contributed by atoms with Crippen molar-refractivity contribution in [1.82, 2.24) is 9.97 Å². The second-order valence-corrected chi connectivity index (χ2v) is 5.26. The van der Waals surface area contributed by atoms with E-state index in [1.165, 1.54) is 6.07 Å². The van der Waals surface area contributed by atoms with Gasteiger partial charge in [0.25, 0.3) is 0 Å². The molecule has 0 radical (unpaired) electrons. The lowest BCUT2D eigenvalue weighted by Crippen LogP contribution is -2.07. The number of ether oxygens (including phenoxy) is 2. The number of pyridine rings is 2. The third kappa shape index (κ3) is 3.93. The van der Waals surface area contributed by atoms with Gasteiger partial charge < -0.3 is 9.47 Å². The number of para-hydroxylation sites is 1. The second kappa shape index (κ2) is 7.43. The monoisotopic (exact) mass is 360 g/mol. The lowest BCUT2D eigenvalue weighted by atomic mass is 10.1. The Morgan fingerprint density at radius 1 is 0.923 bits per heavy atom. The number of hydrogen-bond acceptors (Lipinski definition) is 4. The van der Waals surface area contributed by atoms with Crippen LogP contribution >= 0.6 is 0 Å². The number of alkyl halides is 3. The van der Waals surface area contributed by atoms with E-state index in [2.05, 4.69) is 9.97 Å². The molecule has 0 aliphatic heterocycles. The summed E-state index contributed by atoms with van der Waals surface area (Å²) >= 11 is 0. The third-order valence-electron chi connectivity index (χ3n) is 3.49. The molecule has 0 spiro atoms. The minimum Gasteiger partial charge on any atom is -0.493 e. The SMILES string of the molecule is CCOc1ccccc1-c1cccnc1Oc1ccc(C(F)(F)F)nc1. The summed E-state index contributed by atoms with van der Waals surface area (Å²) in [5.41, 5.74) is 0.460. The number of halogens is 3. The summed E-state index contributed by atoms with van der Waals surface area (Å²) in [6, 6.07) is 13.0. The molecule has 0 aliphatic carbocycles. The molecular formula is C19H15F3N2O2. The summed E-state index contributed by atoms with van der Waals surface area (Å²) in [6.07, 6.45) is -1.93. The Bertz CT molecular complexity index is 880. The van der Waals surface area contributed by atoms with E-state index >= 15 is 0 Å². The molecule has 0 N–H and O–H groups in total. The molecule has 7 heteroatoms. The molecule has 0 saturated heterocycles. The molecule has 0 bridgehead atoms. The predicted octanol–water partition coefficient (Wildman–Crippen LogP) is 5.35. The Balaban J connectivity index is 1.94. The summed E-state index contributed by atoms with van der Waals surface area (Å²) in [5, 5.41) is 0. The maximum atomic E-state index is 12.6. The lowest BCUT2D eigenvalue weighted by Gasteiger charge is -2.14. The van der Waals surface area contributed by atoms with Gasteiger partial charge in [-0.3, -0.25) is 0 Å². The maximum Gasteiger partial charge on any atom is 0.433 e. The van der Waals surface area contributed by atoms with E-state index in [1.807, 2.05) is 31.2 Å². The number of hydrogen-bond donors (Lipinski definition) is 0. The van der Waals surface area contributed by atoms with Crippen LogP contribution in [0.3, 0.4) is 0 Å². The minimum atomic E-state index is -4.49. The van der Waals surface area contributed by atoms with Gasteiger partial charge in [-0.1, -0.05) is 18.2 Å². The lowest BCUT2D eigenvalue weighted by molar-refractivity contribution is -0.141. The molecule has 3 rings (SSSR count). The van der Waals surface area contributed by atoms with Gasteiger partial charge in [0, 0.05) is 17.3 Å².